The van der Waals surface area contributed by atoms with Crippen LogP contribution in [0, 0.1) is 5.82 Å². The van der Waals surface area contributed by atoms with Crippen molar-refractivity contribution in [2.45, 2.75) is 37.5 Å². The molecule has 1 N–H and O–H groups in total. The Morgan fingerprint density at radius 2 is 1.89 bits per heavy atom. The molecule has 0 unspecified atom stereocenters. The highest BCUT2D eigenvalue weighted by molar-refractivity contribution is 6.30. The third-order valence-corrected chi connectivity index (χ3v) is 4.08. The smallest absolute Gasteiger partial charge is 0.168 e. The number of benzene rings is 1. The van der Waals surface area contributed by atoms with Crippen molar-refractivity contribution < 1.29 is 13.9 Å². The molecular formula is C14H17ClFNO2. The Morgan fingerprint density at radius 1 is 1.21 bits per heavy atom. The fourth-order valence-corrected chi connectivity index (χ4v) is 2.99. The van der Waals surface area contributed by atoms with Crippen molar-refractivity contribution in [2.75, 3.05) is 18.5 Å². The van der Waals surface area contributed by atoms with E-state index in [-0.39, 0.29) is 17.6 Å². The summed E-state index contributed by atoms with van der Waals surface area (Å²) >= 11 is 5.89. The first kappa shape index (κ1) is 13.2. The maximum atomic E-state index is 13.6. The Labute approximate surface area is 117 Å². The van der Waals surface area contributed by atoms with Crippen LogP contribution in [0.1, 0.15) is 25.7 Å². The number of nitrogens with one attached hydrogen (secondary N) is 1. The molecule has 104 valence electrons. The molecule has 1 aromatic carbocycles. The summed E-state index contributed by atoms with van der Waals surface area (Å²) in [6.45, 7) is 1.36. The number of hydrogen-bond acceptors (Lipinski definition) is 3. The zero-order valence-corrected chi connectivity index (χ0v) is 11.4. The highest BCUT2D eigenvalue weighted by Gasteiger charge is 2.40. The first-order chi connectivity index (χ1) is 9.17. The molecule has 0 bridgehead atoms. The number of halogens is 2. The van der Waals surface area contributed by atoms with E-state index in [0.717, 1.165) is 25.7 Å². The van der Waals surface area contributed by atoms with Crippen molar-refractivity contribution in [2.24, 2.45) is 0 Å². The van der Waals surface area contributed by atoms with Crippen LogP contribution in [-0.4, -0.2) is 25.0 Å². The standard InChI is InChI=1S/C14H17ClFNO2/c15-10-1-2-12(16)13(9-10)17-11-3-5-14(6-4-11)18-7-8-19-14/h1-2,9,11,17H,3-8H2. The van der Waals surface area contributed by atoms with Gasteiger partial charge in [-0.1, -0.05) is 11.6 Å². The van der Waals surface area contributed by atoms with Gasteiger partial charge < -0.3 is 14.8 Å². The Balaban J connectivity index is 1.61. The second-order valence-corrected chi connectivity index (χ2v) is 5.59. The van der Waals surface area contributed by atoms with E-state index >= 15 is 0 Å². The summed E-state index contributed by atoms with van der Waals surface area (Å²) in [5, 5.41) is 3.77. The van der Waals surface area contributed by atoms with Crippen molar-refractivity contribution in [3.63, 3.8) is 0 Å². The van der Waals surface area contributed by atoms with Crippen molar-refractivity contribution in [1.82, 2.24) is 0 Å². The van der Waals surface area contributed by atoms with Gasteiger partial charge >= 0.3 is 0 Å². The molecule has 1 aliphatic carbocycles. The second-order valence-electron chi connectivity index (χ2n) is 5.15. The van der Waals surface area contributed by atoms with E-state index in [0.29, 0.717) is 23.9 Å². The van der Waals surface area contributed by atoms with Crippen molar-refractivity contribution in [3.8, 4) is 0 Å². The van der Waals surface area contributed by atoms with Gasteiger partial charge in [0.25, 0.3) is 0 Å². The third kappa shape index (κ3) is 2.86. The average molecular weight is 286 g/mol. The first-order valence-electron chi connectivity index (χ1n) is 6.66. The van der Waals surface area contributed by atoms with Gasteiger partial charge in [0.05, 0.1) is 18.9 Å². The van der Waals surface area contributed by atoms with Crippen molar-refractivity contribution in [1.29, 1.82) is 0 Å². The average Bonchev–Trinajstić information content (AvgIpc) is 2.85. The normalized spacial score (nSPS) is 22.8. The van der Waals surface area contributed by atoms with Crippen LogP contribution in [0.5, 0.6) is 0 Å². The second kappa shape index (κ2) is 5.27. The zero-order valence-electron chi connectivity index (χ0n) is 10.6. The number of ether oxygens (including phenoxy) is 2. The highest BCUT2D eigenvalue weighted by atomic mass is 35.5. The molecule has 5 heteroatoms. The number of anilines is 1. The topological polar surface area (TPSA) is 30.5 Å². The molecule has 0 atom stereocenters. The van der Waals surface area contributed by atoms with Gasteiger partial charge in [-0.05, 0) is 31.0 Å². The minimum atomic E-state index is -0.370. The zero-order chi connectivity index (χ0) is 13.3. The summed E-state index contributed by atoms with van der Waals surface area (Å²) in [6, 6.07) is 4.81. The lowest BCUT2D eigenvalue weighted by molar-refractivity contribution is -0.177. The fourth-order valence-electron chi connectivity index (χ4n) is 2.82. The van der Waals surface area contributed by atoms with Gasteiger partial charge in [-0.15, -0.1) is 0 Å². The Kier molecular flexibility index (Phi) is 3.65. The molecule has 1 aromatic rings. The molecule has 1 aliphatic heterocycles. The summed E-state index contributed by atoms with van der Waals surface area (Å²) in [6.07, 6.45) is 3.53. The maximum Gasteiger partial charge on any atom is 0.168 e. The van der Waals surface area contributed by atoms with Gasteiger partial charge in [0, 0.05) is 23.9 Å². The van der Waals surface area contributed by atoms with Crippen LogP contribution in [0.3, 0.4) is 0 Å². The van der Waals surface area contributed by atoms with E-state index in [1.54, 1.807) is 12.1 Å². The van der Waals surface area contributed by atoms with Crippen LogP contribution in [0.15, 0.2) is 18.2 Å². The molecule has 1 spiro atoms. The lowest BCUT2D eigenvalue weighted by atomic mass is 9.90. The summed E-state index contributed by atoms with van der Waals surface area (Å²) in [7, 11) is 0. The molecule has 3 nitrogen and oxygen atoms in total. The van der Waals surface area contributed by atoms with Crippen LogP contribution in [0.2, 0.25) is 5.02 Å². The molecule has 3 rings (SSSR count). The van der Waals surface area contributed by atoms with Crippen molar-refractivity contribution in [3.05, 3.63) is 29.0 Å². The summed E-state index contributed by atoms with van der Waals surface area (Å²) < 4.78 is 25.0. The predicted octanol–water partition coefficient (Wildman–Crippen LogP) is 3.58. The van der Waals surface area contributed by atoms with E-state index in [1.165, 1.54) is 6.07 Å². The summed E-state index contributed by atoms with van der Waals surface area (Å²) in [5.41, 5.74) is 0.474. The van der Waals surface area contributed by atoms with E-state index in [4.69, 9.17) is 21.1 Å². The molecule has 1 heterocycles. The third-order valence-electron chi connectivity index (χ3n) is 3.85. The molecule has 2 aliphatic rings. The van der Waals surface area contributed by atoms with E-state index < -0.39 is 0 Å². The minimum Gasteiger partial charge on any atom is -0.380 e. The molecule has 1 saturated carbocycles. The first-order valence-corrected chi connectivity index (χ1v) is 7.04. The van der Waals surface area contributed by atoms with Gasteiger partial charge in [-0.3, -0.25) is 0 Å². The molecule has 2 fully saturated rings. The minimum absolute atomic E-state index is 0.242. The highest BCUT2D eigenvalue weighted by Crippen LogP contribution is 2.37. The van der Waals surface area contributed by atoms with E-state index in [2.05, 4.69) is 5.32 Å². The summed E-state index contributed by atoms with van der Waals surface area (Å²) in [5.74, 6) is -0.636. The van der Waals surface area contributed by atoms with Gasteiger partial charge in [0.15, 0.2) is 5.79 Å². The van der Waals surface area contributed by atoms with Gasteiger partial charge in [-0.2, -0.15) is 0 Å². The molecule has 19 heavy (non-hydrogen) atoms. The van der Waals surface area contributed by atoms with E-state index in [9.17, 15) is 4.39 Å². The van der Waals surface area contributed by atoms with Crippen LogP contribution >= 0.6 is 11.6 Å². The largest absolute Gasteiger partial charge is 0.380 e. The van der Waals surface area contributed by atoms with Crippen molar-refractivity contribution >= 4 is 17.3 Å². The van der Waals surface area contributed by atoms with Gasteiger partial charge in [0.2, 0.25) is 0 Å². The monoisotopic (exact) mass is 285 g/mol. The van der Waals surface area contributed by atoms with Crippen LogP contribution in [-0.2, 0) is 9.47 Å². The molecule has 0 aromatic heterocycles. The molecular weight excluding hydrogens is 269 g/mol. The quantitative estimate of drug-likeness (QED) is 0.901. The molecule has 0 amide bonds. The van der Waals surface area contributed by atoms with Crippen LogP contribution in [0.4, 0.5) is 10.1 Å². The van der Waals surface area contributed by atoms with Crippen LogP contribution < -0.4 is 5.32 Å². The molecule has 0 radical (unpaired) electrons. The van der Waals surface area contributed by atoms with Gasteiger partial charge in [-0.25, -0.2) is 4.39 Å². The fraction of sp³-hybridized carbons (Fsp3) is 0.571. The lowest BCUT2D eigenvalue weighted by Crippen LogP contribution is -2.39. The molecule has 1 saturated heterocycles. The van der Waals surface area contributed by atoms with Crippen LogP contribution in [0.25, 0.3) is 0 Å². The van der Waals surface area contributed by atoms with Gasteiger partial charge in [0.1, 0.15) is 5.82 Å². The Hall–Kier alpha value is -0.840. The maximum absolute atomic E-state index is 13.6. The summed E-state index contributed by atoms with van der Waals surface area (Å²) in [4.78, 5) is 0. The van der Waals surface area contributed by atoms with E-state index in [1.807, 2.05) is 0 Å². The SMILES string of the molecule is Fc1ccc(Cl)cc1NC1CCC2(CC1)OCCO2. The number of hydrogen-bond donors (Lipinski definition) is 1. The Morgan fingerprint density at radius 3 is 2.58 bits per heavy atom. The predicted molar refractivity (Wildman–Crippen MR) is 71.9 cm³/mol. The lowest BCUT2D eigenvalue weighted by Gasteiger charge is -2.36. The number of rotatable bonds is 2. The Bertz CT molecular complexity index is 453.